The summed E-state index contributed by atoms with van der Waals surface area (Å²) in [6.45, 7) is 1.67. The van der Waals surface area contributed by atoms with E-state index in [1.807, 2.05) is 0 Å². The molecule has 1 aliphatic rings. The molecule has 0 aliphatic carbocycles. The number of anilines is 1. The van der Waals surface area contributed by atoms with Gasteiger partial charge in [-0.1, -0.05) is 0 Å². The number of non-ortho nitro benzene ring substituents is 1. The van der Waals surface area contributed by atoms with Gasteiger partial charge in [0.2, 0.25) is 11.4 Å². The molecule has 1 saturated heterocycles. The van der Waals surface area contributed by atoms with E-state index in [4.69, 9.17) is 0 Å². The molecule has 0 radical (unpaired) electrons. The first-order valence-electron chi connectivity index (χ1n) is 6.58. The highest BCUT2D eigenvalue weighted by Gasteiger charge is 2.21. The van der Waals surface area contributed by atoms with Crippen molar-refractivity contribution in [3.8, 4) is 0 Å². The predicted octanol–water partition coefficient (Wildman–Crippen LogP) is 1.17. The van der Waals surface area contributed by atoms with E-state index in [0.717, 1.165) is 25.9 Å². The molecular formula is C12H13N5O4. The highest BCUT2D eigenvalue weighted by atomic mass is 16.6. The zero-order valence-corrected chi connectivity index (χ0v) is 11.1. The average molecular weight is 291 g/mol. The quantitative estimate of drug-likeness (QED) is 0.664. The van der Waals surface area contributed by atoms with Crippen LogP contribution in [0.3, 0.4) is 0 Å². The van der Waals surface area contributed by atoms with Crippen LogP contribution in [0.25, 0.3) is 11.0 Å². The molecule has 21 heavy (non-hydrogen) atoms. The highest BCUT2D eigenvalue weighted by molar-refractivity contribution is 5.94. The number of benzene rings is 1. The third-order valence-corrected chi connectivity index (χ3v) is 3.48. The Morgan fingerprint density at radius 2 is 2.05 bits per heavy atom. The number of carbonyl (C=O) groups excluding carboxylic acids is 1. The maximum absolute atomic E-state index is 12.0. The van der Waals surface area contributed by atoms with Crippen molar-refractivity contribution >= 4 is 28.3 Å². The summed E-state index contributed by atoms with van der Waals surface area (Å²) in [4.78, 5) is 24.1. The molecule has 9 nitrogen and oxygen atoms in total. The fourth-order valence-corrected chi connectivity index (χ4v) is 2.39. The molecule has 1 fully saturated rings. The Hall–Kier alpha value is -2.71. The van der Waals surface area contributed by atoms with E-state index in [2.05, 4.69) is 20.3 Å². The molecule has 1 N–H and O–H groups in total. The topological polar surface area (TPSA) is 114 Å². The van der Waals surface area contributed by atoms with Crippen LogP contribution < -0.4 is 5.32 Å². The number of hydrogen-bond donors (Lipinski definition) is 1. The minimum Gasteiger partial charge on any atom is -0.374 e. The summed E-state index contributed by atoms with van der Waals surface area (Å²) in [6, 6.07) is 2.82. The number of nitro benzene ring substituents is 1. The Morgan fingerprint density at radius 1 is 1.33 bits per heavy atom. The molecule has 0 spiro atoms. The fraction of sp³-hybridized carbons (Fsp3) is 0.417. The van der Waals surface area contributed by atoms with Crippen molar-refractivity contribution in [3.63, 3.8) is 0 Å². The van der Waals surface area contributed by atoms with Crippen molar-refractivity contribution in [2.75, 3.05) is 25.0 Å². The summed E-state index contributed by atoms with van der Waals surface area (Å²) >= 11 is 0. The number of carbonyl (C=O) groups is 1. The smallest absolute Gasteiger partial charge is 0.300 e. The Morgan fingerprint density at radius 3 is 2.76 bits per heavy atom. The van der Waals surface area contributed by atoms with Crippen molar-refractivity contribution in [2.45, 2.75) is 12.8 Å². The largest absolute Gasteiger partial charge is 0.374 e. The van der Waals surface area contributed by atoms with Crippen molar-refractivity contribution in [3.05, 3.63) is 22.2 Å². The van der Waals surface area contributed by atoms with Gasteiger partial charge >= 0.3 is 5.69 Å². The third kappa shape index (κ3) is 2.49. The van der Waals surface area contributed by atoms with Crippen LogP contribution in [0.15, 0.2) is 16.8 Å². The summed E-state index contributed by atoms with van der Waals surface area (Å²) < 4.78 is 4.56. The summed E-state index contributed by atoms with van der Waals surface area (Å²) in [5.74, 6) is -0.00421. The molecular weight excluding hydrogens is 278 g/mol. The number of nitro groups is 1. The van der Waals surface area contributed by atoms with Crippen LogP contribution in [-0.2, 0) is 4.79 Å². The molecule has 1 aliphatic heterocycles. The monoisotopic (exact) mass is 291 g/mol. The van der Waals surface area contributed by atoms with E-state index < -0.39 is 4.92 Å². The molecule has 1 aromatic heterocycles. The number of rotatable bonds is 4. The average Bonchev–Trinajstić information content (AvgIpc) is 3.14. The Balaban J connectivity index is 1.78. The van der Waals surface area contributed by atoms with Gasteiger partial charge in [-0.05, 0) is 29.2 Å². The first-order chi connectivity index (χ1) is 10.2. The van der Waals surface area contributed by atoms with Gasteiger partial charge in [0.05, 0.1) is 17.2 Å². The van der Waals surface area contributed by atoms with Gasteiger partial charge < -0.3 is 10.2 Å². The number of nitrogens with zero attached hydrogens (tertiary/aromatic N) is 4. The van der Waals surface area contributed by atoms with Gasteiger partial charge in [0.25, 0.3) is 0 Å². The maximum Gasteiger partial charge on any atom is 0.300 e. The number of likely N-dealkylation sites (tertiary alicyclic amines) is 1. The van der Waals surface area contributed by atoms with Crippen LogP contribution >= 0.6 is 0 Å². The van der Waals surface area contributed by atoms with E-state index in [1.165, 1.54) is 12.1 Å². The minimum absolute atomic E-state index is 0.00421. The standard InChI is InChI=1S/C12H13N5O4/c18-10(16-5-1-2-6-16)7-13-8-3-4-9(17(19)20)12-11(8)14-21-15-12/h3-4,13H,1-2,5-7H2. The van der Waals surface area contributed by atoms with Gasteiger partial charge in [0.1, 0.15) is 0 Å². The van der Waals surface area contributed by atoms with Crippen LogP contribution in [0.4, 0.5) is 11.4 Å². The van der Waals surface area contributed by atoms with Gasteiger partial charge in [-0.3, -0.25) is 14.9 Å². The van der Waals surface area contributed by atoms with Gasteiger partial charge in [-0.15, -0.1) is 0 Å². The van der Waals surface area contributed by atoms with Crippen LogP contribution in [-0.4, -0.2) is 45.7 Å². The molecule has 2 heterocycles. The van der Waals surface area contributed by atoms with E-state index in [9.17, 15) is 14.9 Å². The van der Waals surface area contributed by atoms with Crippen molar-refractivity contribution < 1.29 is 14.3 Å². The molecule has 1 aromatic carbocycles. The second kappa shape index (κ2) is 5.35. The molecule has 0 bridgehead atoms. The number of fused-ring (bicyclic) bond motifs is 1. The first-order valence-corrected chi connectivity index (χ1v) is 6.58. The summed E-state index contributed by atoms with van der Waals surface area (Å²) in [6.07, 6.45) is 2.06. The summed E-state index contributed by atoms with van der Waals surface area (Å²) in [5, 5.41) is 21.0. The zero-order chi connectivity index (χ0) is 14.8. The molecule has 9 heteroatoms. The molecule has 0 atom stereocenters. The number of nitrogens with one attached hydrogen (secondary N) is 1. The SMILES string of the molecule is O=C(CNc1ccc([N+](=O)[O-])c2nonc12)N1CCCC1. The zero-order valence-electron chi connectivity index (χ0n) is 11.1. The lowest BCUT2D eigenvalue weighted by Crippen LogP contribution is -2.33. The minimum atomic E-state index is -0.550. The Kier molecular flexibility index (Phi) is 3.38. The van der Waals surface area contributed by atoms with E-state index in [1.54, 1.807) is 4.90 Å². The lowest BCUT2D eigenvalue weighted by Gasteiger charge is -2.15. The molecule has 110 valence electrons. The highest BCUT2D eigenvalue weighted by Crippen LogP contribution is 2.28. The maximum atomic E-state index is 12.0. The summed E-state index contributed by atoms with van der Waals surface area (Å²) in [5.41, 5.74) is 0.629. The predicted molar refractivity (Wildman–Crippen MR) is 72.8 cm³/mol. The lowest BCUT2D eigenvalue weighted by atomic mass is 10.2. The van der Waals surface area contributed by atoms with Crippen molar-refractivity contribution in [1.29, 1.82) is 0 Å². The lowest BCUT2D eigenvalue weighted by molar-refractivity contribution is -0.383. The van der Waals surface area contributed by atoms with Gasteiger partial charge in [-0.25, -0.2) is 4.63 Å². The second-order valence-electron chi connectivity index (χ2n) is 4.79. The number of amides is 1. The van der Waals surface area contributed by atoms with Crippen LogP contribution in [0, 0.1) is 10.1 Å². The van der Waals surface area contributed by atoms with Crippen molar-refractivity contribution in [2.24, 2.45) is 0 Å². The number of aromatic nitrogens is 2. The van der Waals surface area contributed by atoms with Crippen molar-refractivity contribution in [1.82, 2.24) is 15.2 Å². The van der Waals surface area contributed by atoms with E-state index >= 15 is 0 Å². The van der Waals surface area contributed by atoms with Crippen LogP contribution in [0.2, 0.25) is 0 Å². The third-order valence-electron chi connectivity index (χ3n) is 3.48. The van der Waals surface area contributed by atoms with E-state index in [-0.39, 0.29) is 29.2 Å². The Bertz CT molecular complexity index is 692. The molecule has 3 rings (SSSR count). The molecule has 0 unspecified atom stereocenters. The van der Waals surface area contributed by atoms with Gasteiger partial charge in [0.15, 0.2) is 5.52 Å². The molecule has 2 aromatic rings. The van der Waals surface area contributed by atoms with Gasteiger partial charge in [0, 0.05) is 19.2 Å². The normalized spacial score (nSPS) is 14.6. The van der Waals surface area contributed by atoms with Crippen LogP contribution in [0.5, 0.6) is 0 Å². The molecule has 1 amide bonds. The van der Waals surface area contributed by atoms with E-state index in [0.29, 0.717) is 5.69 Å². The summed E-state index contributed by atoms with van der Waals surface area (Å²) in [7, 11) is 0. The molecule has 0 saturated carbocycles. The fourth-order valence-electron chi connectivity index (χ4n) is 2.39. The second-order valence-corrected chi connectivity index (χ2v) is 4.79. The Labute approximate surface area is 119 Å². The van der Waals surface area contributed by atoms with Crippen LogP contribution in [0.1, 0.15) is 12.8 Å². The first kappa shape index (κ1) is 13.3. The number of hydrogen-bond acceptors (Lipinski definition) is 7. The van der Waals surface area contributed by atoms with Gasteiger partial charge in [-0.2, -0.15) is 0 Å².